The van der Waals surface area contributed by atoms with Gasteiger partial charge in [0, 0.05) is 12.6 Å². The number of aliphatic carboxylic acids is 1. The zero-order valence-electron chi connectivity index (χ0n) is 11.4. The van der Waals surface area contributed by atoms with Crippen molar-refractivity contribution in [2.24, 2.45) is 0 Å². The Morgan fingerprint density at radius 1 is 1.47 bits per heavy atom. The van der Waals surface area contributed by atoms with Crippen molar-refractivity contribution in [3.8, 4) is 10.6 Å². The maximum Gasteiger partial charge on any atom is 0.303 e. The lowest BCUT2D eigenvalue weighted by Gasteiger charge is -2.18. The predicted molar refractivity (Wildman–Crippen MR) is 76.5 cm³/mol. The van der Waals surface area contributed by atoms with Crippen LogP contribution in [0.15, 0.2) is 23.7 Å². The Kier molecular flexibility index (Phi) is 3.75. The molecule has 0 aliphatic rings. The van der Waals surface area contributed by atoms with Crippen molar-refractivity contribution in [3.05, 3.63) is 29.3 Å². The van der Waals surface area contributed by atoms with Crippen LogP contribution in [0.5, 0.6) is 0 Å². The van der Waals surface area contributed by atoms with Crippen molar-refractivity contribution in [1.29, 1.82) is 0 Å². The van der Waals surface area contributed by atoms with Gasteiger partial charge in [0.15, 0.2) is 0 Å². The summed E-state index contributed by atoms with van der Waals surface area (Å²) >= 11 is 1.63. The highest BCUT2D eigenvalue weighted by Crippen LogP contribution is 2.29. The summed E-state index contributed by atoms with van der Waals surface area (Å²) in [5.41, 5.74) is 1.80. The zero-order chi connectivity index (χ0) is 14.0. The van der Waals surface area contributed by atoms with Crippen molar-refractivity contribution in [1.82, 2.24) is 9.78 Å². The Hall–Kier alpha value is -1.62. The first-order chi connectivity index (χ1) is 8.88. The van der Waals surface area contributed by atoms with Gasteiger partial charge in [-0.3, -0.25) is 9.48 Å². The van der Waals surface area contributed by atoms with Gasteiger partial charge < -0.3 is 5.11 Å². The van der Waals surface area contributed by atoms with Crippen LogP contribution in [0.4, 0.5) is 0 Å². The Morgan fingerprint density at radius 2 is 2.21 bits per heavy atom. The third-order valence-electron chi connectivity index (χ3n) is 2.84. The molecule has 19 heavy (non-hydrogen) atoms. The standard InChI is InChI=1S/C14H18N2O2S/c1-14(2,3)16-9-10(6-7-12(17)18)13(15-16)11-5-4-8-19-11/h4-5,8-9H,6-7H2,1-3H3,(H,17,18). The average molecular weight is 278 g/mol. The van der Waals surface area contributed by atoms with Crippen molar-refractivity contribution in [3.63, 3.8) is 0 Å². The maximum absolute atomic E-state index is 10.7. The van der Waals surface area contributed by atoms with Crippen LogP contribution in [0.3, 0.4) is 0 Å². The summed E-state index contributed by atoms with van der Waals surface area (Å²) in [5, 5.41) is 15.5. The molecular weight excluding hydrogens is 260 g/mol. The third kappa shape index (κ3) is 3.23. The quantitative estimate of drug-likeness (QED) is 0.932. The molecule has 0 atom stereocenters. The molecule has 102 valence electrons. The summed E-state index contributed by atoms with van der Waals surface area (Å²) in [4.78, 5) is 11.8. The molecule has 4 nitrogen and oxygen atoms in total. The molecular formula is C14H18N2O2S. The van der Waals surface area contributed by atoms with Crippen LogP contribution in [-0.2, 0) is 16.8 Å². The number of rotatable bonds is 4. The monoisotopic (exact) mass is 278 g/mol. The van der Waals surface area contributed by atoms with E-state index < -0.39 is 5.97 Å². The number of hydrogen-bond donors (Lipinski definition) is 1. The summed E-state index contributed by atoms with van der Waals surface area (Å²) in [6, 6.07) is 4.00. The minimum Gasteiger partial charge on any atom is -0.481 e. The number of carbonyl (C=O) groups is 1. The van der Waals surface area contributed by atoms with Crippen LogP contribution in [-0.4, -0.2) is 20.9 Å². The fourth-order valence-electron chi connectivity index (χ4n) is 1.80. The number of aryl methyl sites for hydroxylation is 1. The molecule has 2 heterocycles. The van der Waals surface area contributed by atoms with Gasteiger partial charge in [-0.05, 0) is 44.2 Å². The fraction of sp³-hybridized carbons (Fsp3) is 0.429. The number of carboxylic acids is 1. The zero-order valence-corrected chi connectivity index (χ0v) is 12.2. The Balaban J connectivity index is 2.39. The second kappa shape index (κ2) is 5.17. The van der Waals surface area contributed by atoms with Gasteiger partial charge in [-0.1, -0.05) is 6.07 Å². The molecule has 0 unspecified atom stereocenters. The van der Waals surface area contributed by atoms with Gasteiger partial charge in [0.1, 0.15) is 5.69 Å². The van der Waals surface area contributed by atoms with Gasteiger partial charge in [0.2, 0.25) is 0 Å². The molecule has 0 saturated heterocycles. The fourth-order valence-corrected chi connectivity index (χ4v) is 2.54. The first kappa shape index (κ1) is 13.8. The number of aromatic nitrogens is 2. The number of nitrogens with zero attached hydrogens (tertiary/aromatic N) is 2. The lowest BCUT2D eigenvalue weighted by Crippen LogP contribution is -2.22. The SMILES string of the molecule is CC(C)(C)n1cc(CCC(=O)O)c(-c2cccs2)n1. The van der Waals surface area contributed by atoms with Gasteiger partial charge in [-0.25, -0.2) is 0 Å². The molecule has 2 aromatic rings. The second-order valence-electron chi connectivity index (χ2n) is 5.49. The van der Waals surface area contributed by atoms with Gasteiger partial charge in [0.25, 0.3) is 0 Å². The van der Waals surface area contributed by atoms with Crippen molar-refractivity contribution < 1.29 is 9.90 Å². The molecule has 0 radical (unpaired) electrons. The molecule has 1 N–H and O–H groups in total. The minimum atomic E-state index is -0.777. The van der Waals surface area contributed by atoms with E-state index >= 15 is 0 Å². The predicted octanol–water partition coefficient (Wildman–Crippen LogP) is 3.38. The molecule has 2 rings (SSSR count). The Labute approximate surface area is 116 Å². The van der Waals surface area contributed by atoms with E-state index in [4.69, 9.17) is 5.11 Å². The molecule has 2 aromatic heterocycles. The Bertz CT molecular complexity index is 565. The third-order valence-corrected chi connectivity index (χ3v) is 3.72. The van der Waals surface area contributed by atoms with Crippen LogP contribution in [0.2, 0.25) is 0 Å². The molecule has 0 bridgehead atoms. The van der Waals surface area contributed by atoms with Crippen LogP contribution in [0, 0.1) is 0 Å². The topological polar surface area (TPSA) is 55.1 Å². The van der Waals surface area contributed by atoms with E-state index in [1.54, 1.807) is 11.3 Å². The highest BCUT2D eigenvalue weighted by molar-refractivity contribution is 7.13. The molecule has 0 saturated carbocycles. The maximum atomic E-state index is 10.7. The van der Waals surface area contributed by atoms with Crippen LogP contribution in [0.1, 0.15) is 32.8 Å². The summed E-state index contributed by atoms with van der Waals surface area (Å²) in [5.74, 6) is -0.777. The first-order valence-electron chi connectivity index (χ1n) is 6.22. The molecule has 0 aliphatic carbocycles. The van der Waals surface area contributed by atoms with E-state index in [-0.39, 0.29) is 12.0 Å². The van der Waals surface area contributed by atoms with E-state index in [1.807, 2.05) is 28.4 Å². The first-order valence-corrected chi connectivity index (χ1v) is 7.10. The molecule has 0 aliphatic heterocycles. The highest BCUT2D eigenvalue weighted by Gasteiger charge is 2.19. The molecule has 5 heteroatoms. The molecule has 0 fully saturated rings. The van der Waals surface area contributed by atoms with E-state index in [0.29, 0.717) is 6.42 Å². The normalized spacial score (nSPS) is 11.7. The minimum absolute atomic E-state index is 0.104. The summed E-state index contributed by atoms with van der Waals surface area (Å²) in [7, 11) is 0. The van der Waals surface area contributed by atoms with Crippen LogP contribution in [0.25, 0.3) is 10.6 Å². The lowest BCUT2D eigenvalue weighted by molar-refractivity contribution is -0.136. The van der Waals surface area contributed by atoms with Crippen molar-refractivity contribution in [2.45, 2.75) is 39.2 Å². The molecule has 0 amide bonds. The summed E-state index contributed by atoms with van der Waals surface area (Å²) in [6.45, 7) is 6.25. The number of carboxylic acid groups (broad SMARTS) is 1. The molecule has 0 spiro atoms. The van der Waals surface area contributed by atoms with Gasteiger partial charge in [-0.15, -0.1) is 11.3 Å². The van der Waals surface area contributed by atoms with Gasteiger partial charge in [0.05, 0.1) is 10.4 Å². The van der Waals surface area contributed by atoms with Crippen molar-refractivity contribution >= 4 is 17.3 Å². The number of thiophene rings is 1. The Morgan fingerprint density at radius 3 is 2.74 bits per heavy atom. The van der Waals surface area contributed by atoms with E-state index in [0.717, 1.165) is 16.1 Å². The van der Waals surface area contributed by atoms with Crippen molar-refractivity contribution in [2.75, 3.05) is 0 Å². The second-order valence-corrected chi connectivity index (χ2v) is 6.44. The smallest absolute Gasteiger partial charge is 0.303 e. The summed E-state index contributed by atoms with van der Waals surface area (Å²) < 4.78 is 1.92. The van der Waals surface area contributed by atoms with E-state index in [1.165, 1.54) is 0 Å². The summed E-state index contributed by atoms with van der Waals surface area (Å²) in [6.07, 6.45) is 2.62. The van der Waals surface area contributed by atoms with Gasteiger partial charge >= 0.3 is 5.97 Å². The lowest BCUT2D eigenvalue weighted by atomic mass is 10.1. The van der Waals surface area contributed by atoms with Crippen LogP contribution >= 0.6 is 11.3 Å². The number of hydrogen-bond acceptors (Lipinski definition) is 3. The van der Waals surface area contributed by atoms with Crippen LogP contribution < -0.4 is 0 Å². The molecule has 0 aromatic carbocycles. The largest absolute Gasteiger partial charge is 0.481 e. The van der Waals surface area contributed by atoms with Gasteiger partial charge in [-0.2, -0.15) is 5.10 Å². The van der Waals surface area contributed by atoms with E-state index in [9.17, 15) is 4.79 Å². The van der Waals surface area contributed by atoms with E-state index in [2.05, 4.69) is 25.9 Å². The highest BCUT2D eigenvalue weighted by atomic mass is 32.1. The average Bonchev–Trinajstić information content (AvgIpc) is 2.94.